The van der Waals surface area contributed by atoms with E-state index in [2.05, 4.69) is 20.5 Å². The number of rotatable bonds is 5. The van der Waals surface area contributed by atoms with Gasteiger partial charge in [-0.25, -0.2) is 4.98 Å². The van der Waals surface area contributed by atoms with Gasteiger partial charge in [-0.05, 0) is 18.2 Å². The van der Waals surface area contributed by atoms with E-state index in [9.17, 15) is 10.1 Å². The van der Waals surface area contributed by atoms with E-state index < -0.39 is 4.92 Å². The van der Waals surface area contributed by atoms with Gasteiger partial charge in [-0.2, -0.15) is 5.10 Å². The average Bonchev–Trinajstić information content (AvgIpc) is 2.98. The van der Waals surface area contributed by atoms with Gasteiger partial charge in [0, 0.05) is 12.1 Å². The first-order chi connectivity index (χ1) is 11.5. The zero-order valence-corrected chi connectivity index (χ0v) is 13.1. The molecule has 0 atom stereocenters. The van der Waals surface area contributed by atoms with E-state index in [1.165, 1.54) is 12.1 Å². The third-order valence-electron chi connectivity index (χ3n) is 3.20. The predicted octanol–water partition coefficient (Wildman–Crippen LogP) is 2.57. The Morgan fingerprint density at radius 2 is 2.08 bits per heavy atom. The van der Waals surface area contributed by atoms with Crippen molar-refractivity contribution < 1.29 is 4.92 Å². The molecule has 1 heterocycles. The Bertz CT molecular complexity index is 932. The summed E-state index contributed by atoms with van der Waals surface area (Å²) in [6.07, 6.45) is 0. The molecule has 0 bridgehead atoms. The van der Waals surface area contributed by atoms with Crippen molar-refractivity contribution in [3.05, 3.63) is 64.5 Å². The highest BCUT2D eigenvalue weighted by atomic mass is 32.1. The highest BCUT2D eigenvalue weighted by Crippen LogP contribution is 2.17. The van der Waals surface area contributed by atoms with E-state index in [1.807, 2.05) is 24.3 Å². The highest BCUT2D eigenvalue weighted by molar-refractivity contribution is 7.82. The van der Waals surface area contributed by atoms with Gasteiger partial charge in [0.15, 0.2) is 11.5 Å². The van der Waals surface area contributed by atoms with Gasteiger partial charge in [0.2, 0.25) is 0 Å². The molecule has 8 nitrogen and oxygen atoms in total. The monoisotopic (exact) mass is 340 g/mol. The number of H-pyrrole nitrogens is 1. The number of imidazole rings is 1. The molecule has 1 aromatic heterocycles. The number of benzene rings is 2. The molecule has 0 saturated heterocycles. The Morgan fingerprint density at radius 3 is 2.79 bits per heavy atom. The first-order valence-corrected chi connectivity index (χ1v) is 7.28. The van der Waals surface area contributed by atoms with E-state index >= 15 is 0 Å². The number of anilines is 1. The summed E-state index contributed by atoms with van der Waals surface area (Å²) in [4.78, 5) is 17.8. The Kier molecular flexibility index (Phi) is 4.17. The third kappa shape index (κ3) is 3.20. The van der Waals surface area contributed by atoms with E-state index in [1.54, 1.807) is 12.1 Å². The number of nitro groups is 1. The van der Waals surface area contributed by atoms with Crippen molar-refractivity contribution in [3.8, 4) is 0 Å². The molecule has 0 radical (unpaired) electrons. The van der Waals surface area contributed by atoms with Crippen molar-refractivity contribution in [2.75, 3.05) is 5.43 Å². The van der Waals surface area contributed by atoms with Crippen LogP contribution < -0.4 is 11.2 Å². The van der Waals surface area contributed by atoms with E-state index in [0.717, 1.165) is 11.0 Å². The number of para-hydroxylation sites is 2. The van der Waals surface area contributed by atoms with Crippen LogP contribution in [0, 0.1) is 10.1 Å². The SMILES string of the molecule is NC(=S)/C(=N/Nc1cccc([N+](=O)[O-])c1)c1nc2ccccc2[nH]1. The average molecular weight is 340 g/mol. The fourth-order valence-corrected chi connectivity index (χ4v) is 2.24. The molecular formula is C15H12N6O2S. The van der Waals surface area contributed by atoms with Crippen molar-refractivity contribution in [2.45, 2.75) is 0 Å². The first-order valence-electron chi connectivity index (χ1n) is 6.87. The molecule has 0 spiro atoms. The number of hydrogen-bond acceptors (Lipinski definition) is 6. The maximum Gasteiger partial charge on any atom is 0.271 e. The number of non-ortho nitro benzene ring substituents is 1. The lowest BCUT2D eigenvalue weighted by atomic mass is 10.3. The van der Waals surface area contributed by atoms with E-state index in [4.69, 9.17) is 18.0 Å². The lowest BCUT2D eigenvalue weighted by Gasteiger charge is -2.04. The number of nitrogens with two attached hydrogens (primary N) is 1. The standard InChI is InChI=1S/C15H12N6O2S/c16-14(24)13(15-17-11-6-1-2-7-12(11)18-15)20-19-9-4-3-5-10(8-9)21(22)23/h1-8,19H,(H2,16,24)(H,17,18)/b20-13-. The van der Waals surface area contributed by atoms with Crippen LogP contribution in [0.2, 0.25) is 0 Å². The molecule has 0 fully saturated rings. The van der Waals surface area contributed by atoms with Crippen LogP contribution in [-0.2, 0) is 0 Å². The van der Waals surface area contributed by atoms with Crippen molar-refractivity contribution in [1.82, 2.24) is 9.97 Å². The second-order valence-corrected chi connectivity index (χ2v) is 5.29. The Morgan fingerprint density at radius 1 is 1.29 bits per heavy atom. The van der Waals surface area contributed by atoms with Crippen molar-refractivity contribution in [3.63, 3.8) is 0 Å². The summed E-state index contributed by atoms with van der Waals surface area (Å²) < 4.78 is 0. The first kappa shape index (κ1) is 15.6. The largest absolute Gasteiger partial charge is 0.388 e. The topological polar surface area (TPSA) is 122 Å². The number of nitro benzene ring substituents is 1. The smallest absolute Gasteiger partial charge is 0.271 e. The number of nitrogens with one attached hydrogen (secondary N) is 2. The van der Waals surface area contributed by atoms with Crippen LogP contribution in [0.25, 0.3) is 11.0 Å². The third-order valence-corrected chi connectivity index (χ3v) is 3.39. The highest BCUT2D eigenvalue weighted by Gasteiger charge is 2.13. The normalized spacial score (nSPS) is 11.4. The molecule has 9 heteroatoms. The minimum absolute atomic E-state index is 0.0455. The molecule has 3 rings (SSSR count). The lowest BCUT2D eigenvalue weighted by molar-refractivity contribution is -0.384. The maximum absolute atomic E-state index is 10.8. The molecule has 120 valence electrons. The zero-order chi connectivity index (χ0) is 17.1. The van der Waals surface area contributed by atoms with Gasteiger partial charge in [-0.3, -0.25) is 15.5 Å². The molecular weight excluding hydrogens is 328 g/mol. The van der Waals surface area contributed by atoms with Crippen LogP contribution in [-0.4, -0.2) is 25.6 Å². The molecule has 0 aliphatic rings. The fraction of sp³-hybridized carbons (Fsp3) is 0. The molecule has 0 aliphatic heterocycles. The fourth-order valence-electron chi connectivity index (χ4n) is 2.10. The zero-order valence-electron chi connectivity index (χ0n) is 12.3. The van der Waals surface area contributed by atoms with Gasteiger partial charge >= 0.3 is 0 Å². The molecule has 0 unspecified atom stereocenters. The van der Waals surface area contributed by atoms with Crippen LogP contribution in [0.1, 0.15) is 5.82 Å². The number of thiocarbonyl (C=S) groups is 1. The molecule has 3 aromatic rings. The lowest BCUT2D eigenvalue weighted by Crippen LogP contribution is -2.24. The van der Waals surface area contributed by atoms with Crippen LogP contribution in [0.3, 0.4) is 0 Å². The maximum atomic E-state index is 10.8. The number of nitrogens with zero attached hydrogens (tertiary/aromatic N) is 3. The second-order valence-electron chi connectivity index (χ2n) is 4.85. The summed E-state index contributed by atoms with van der Waals surface area (Å²) in [6, 6.07) is 13.4. The molecule has 0 amide bonds. The van der Waals surface area contributed by atoms with Crippen LogP contribution in [0.15, 0.2) is 53.6 Å². The van der Waals surface area contributed by atoms with Gasteiger partial charge in [0.25, 0.3) is 5.69 Å². The molecule has 24 heavy (non-hydrogen) atoms. The van der Waals surface area contributed by atoms with Crippen LogP contribution >= 0.6 is 12.2 Å². The second kappa shape index (κ2) is 6.42. The van der Waals surface area contributed by atoms with Gasteiger partial charge in [0.1, 0.15) is 4.99 Å². The Labute approximate surface area is 141 Å². The quantitative estimate of drug-likeness (QED) is 0.284. The summed E-state index contributed by atoms with van der Waals surface area (Å²) in [5.74, 6) is 0.418. The van der Waals surface area contributed by atoms with Gasteiger partial charge < -0.3 is 10.7 Å². The summed E-state index contributed by atoms with van der Waals surface area (Å²) in [5.41, 5.74) is 10.7. The van der Waals surface area contributed by atoms with E-state index in [-0.39, 0.29) is 16.4 Å². The predicted molar refractivity (Wildman–Crippen MR) is 96.1 cm³/mol. The summed E-state index contributed by atoms with van der Waals surface area (Å²) >= 11 is 5.03. The number of hydrazone groups is 1. The summed E-state index contributed by atoms with van der Waals surface area (Å²) in [7, 11) is 0. The minimum Gasteiger partial charge on any atom is -0.388 e. The molecule has 2 aromatic carbocycles. The van der Waals surface area contributed by atoms with Crippen molar-refractivity contribution in [1.29, 1.82) is 0 Å². The molecule has 0 saturated carbocycles. The Hall–Kier alpha value is -3.33. The van der Waals surface area contributed by atoms with Crippen LogP contribution in [0.4, 0.5) is 11.4 Å². The number of hydrogen-bond donors (Lipinski definition) is 3. The Balaban J connectivity index is 1.93. The molecule has 0 aliphatic carbocycles. The number of aromatic nitrogens is 2. The van der Waals surface area contributed by atoms with Gasteiger partial charge in [0.05, 0.1) is 21.6 Å². The van der Waals surface area contributed by atoms with E-state index in [0.29, 0.717) is 11.5 Å². The van der Waals surface area contributed by atoms with Crippen molar-refractivity contribution in [2.24, 2.45) is 10.8 Å². The molecule has 4 N–H and O–H groups in total. The van der Waals surface area contributed by atoms with Crippen molar-refractivity contribution >= 4 is 45.3 Å². The summed E-state index contributed by atoms with van der Waals surface area (Å²) in [6.45, 7) is 0. The number of aromatic amines is 1. The van der Waals surface area contributed by atoms with Gasteiger partial charge in [-0.15, -0.1) is 0 Å². The summed E-state index contributed by atoms with van der Waals surface area (Å²) in [5, 5.41) is 15.0. The van der Waals surface area contributed by atoms with Crippen LogP contribution in [0.5, 0.6) is 0 Å². The number of fused-ring (bicyclic) bond motifs is 1. The minimum atomic E-state index is -0.484. The van der Waals surface area contributed by atoms with Gasteiger partial charge in [-0.1, -0.05) is 30.4 Å².